The fourth-order valence-corrected chi connectivity index (χ4v) is 3.22. The van der Waals surface area contributed by atoms with Crippen molar-refractivity contribution in [2.75, 3.05) is 12.0 Å². The number of nitrogens with one attached hydrogen (secondary N) is 1. The van der Waals surface area contributed by atoms with Gasteiger partial charge in [0.15, 0.2) is 0 Å². The van der Waals surface area contributed by atoms with Crippen LogP contribution in [-0.4, -0.2) is 17.9 Å². The first kappa shape index (κ1) is 14.9. The van der Waals surface area contributed by atoms with Crippen LogP contribution in [0, 0.1) is 17.2 Å². The molecule has 1 aliphatic carbocycles. The van der Waals surface area contributed by atoms with E-state index >= 15 is 0 Å². The first-order chi connectivity index (χ1) is 9.61. The lowest BCUT2D eigenvalue weighted by Gasteiger charge is -2.43. The van der Waals surface area contributed by atoms with Gasteiger partial charge < -0.3 is 5.32 Å². The maximum absolute atomic E-state index is 12.3. The van der Waals surface area contributed by atoms with Crippen LogP contribution in [0.1, 0.15) is 37.3 Å². The van der Waals surface area contributed by atoms with E-state index in [1.165, 1.54) is 0 Å². The number of thioether (sulfide) groups is 1. The number of hydrogen-bond donors (Lipinski definition) is 1. The minimum Gasteiger partial charge on any atom is -0.346 e. The van der Waals surface area contributed by atoms with E-state index in [2.05, 4.69) is 11.4 Å². The highest BCUT2D eigenvalue weighted by molar-refractivity contribution is 7.98. The molecule has 2 rings (SSSR count). The Kier molecular flexibility index (Phi) is 4.72. The van der Waals surface area contributed by atoms with Gasteiger partial charge in [-0.3, -0.25) is 4.79 Å². The molecule has 1 aromatic carbocycles. The highest BCUT2D eigenvalue weighted by Gasteiger charge is 2.40. The van der Waals surface area contributed by atoms with E-state index in [9.17, 15) is 4.79 Å². The van der Waals surface area contributed by atoms with E-state index in [-0.39, 0.29) is 17.4 Å². The van der Waals surface area contributed by atoms with Crippen LogP contribution in [0.25, 0.3) is 0 Å². The van der Waals surface area contributed by atoms with Crippen molar-refractivity contribution in [2.45, 2.75) is 31.7 Å². The molecule has 3 nitrogen and oxygen atoms in total. The molecule has 4 heteroatoms. The van der Waals surface area contributed by atoms with Crippen LogP contribution in [0.4, 0.5) is 0 Å². The Hall–Kier alpha value is -1.47. The molecule has 0 spiro atoms. The van der Waals surface area contributed by atoms with Gasteiger partial charge in [-0.15, -0.1) is 0 Å². The van der Waals surface area contributed by atoms with Crippen molar-refractivity contribution in [3.63, 3.8) is 0 Å². The van der Waals surface area contributed by atoms with Gasteiger partial charge in [-0.1, -0.05) is 19.1 Å². The molecule has 1 unspecified atom stereocenters. The summed E-state index contributed by atoms with van der Waals surface area (Å²) in [4.78, 5) is 12.3. The average Bonchev–Trinajstić information content (AvgIpc) is 2.43. The Bertz CT molecular complexity index is 514. The summed E-state index contributed by atoms with van der Waals surface area (Å²) >= 11 is 1.69. The summed E-state index contributed by atoms with van der Waals surface area (Å²) in [5.74, 6) is 0.999. The molecule has 0 aliphatic heterocycles. The third-order valence-electron chi connectivity index (χ3n) is 4.00. The number of nitrogens with zero attached hydrogens (tertiary/aromatic N) is 1. The van der Waals surface area contributed by atoms with Crippen LogP contribution >= 0.6 is 11.8 Å². The zero-order chi connectivity index (χ0) is 14.6. The molecular weight excluding hydrogens is 268 g/mol. The molecule has 1 amide bonds. The molecule has 1 N–H and O–H groups in total. The molecule has 1 atom stereocenters. The molecule has 1 saturated carbocycles. The zero-order valence-corrected chi connectivity index (χ0v) is 12.8. The van der Waals surface area contributed by atoms with Gasteiger partial charge in [0, 0.05) is 11.7 Å². The molecule has 1 aliphatic rings. The van der Waals surface area contributed by atoms with E-state index in [0.717, 1.165) is 30.6 Å². The van der Waals surface area contributed by atoms with Gasteiger partial charge in [-0.2, -0.15) is 17.0 Å². The van der Waals surface area contributed by atoms with Gasteiger partial charge in [-0.25, -0.2) is 0 Å². The van der Waals surface area contributed by atoms with Crippen LogP contribution in [-0.2, 0) is 10.3 Å². The lowest BCUT2D eigenvalue weighted by Crippen LogP contribution is -2.52. The predicted molar refractivity (Wildman–Crippen MR) is 82.4 cm³/mol. The molecule has 0 aromatic heterocycles. The average molecular weight is 288 g/mol. The Morgan fingerprint density at radius 2 is 2.10 bits per heavy atom. The number of hydrogen-bond acceptors (Lipinski definition) is 3. The van der Waals surface area contributed by atoms with Crippen molar-refractivity contribution < 1.29 is 4.79 Å². The highest BCUT2D eigenvalue weighted by Crippen LogP contribution is 2.41. The lowest BCUT2D eigenvalue weighted by molar-refractivity contribution is -0.127. The smallest absolute Gasteiger partial charge is 0.224 e. The van der Waals surface area contributed by atoms with Crippen LogP contribution in [0.2, 0.25) is 0 Å². The topological polar surface area (TPSA) is 52.9 Å². The summed E-state index contributed by atoms with van der Waals surface area (Å²) in [5, 5.41) is 12.1. The quantitative estimate of drug-likeness (QED) is 0.906. The summed E-state index contributed by atoms with van der Waals surface area (Å²) in [7, 11) is 0. The lowest BCUT2D eigenvalue weighted by atomic mass is 9.71. The maximum atomic E-state index is 12.3. The van der Waals surface area contributed by atoms with Crippen LogP contribution in [0.15, 0.2) is 24.3 Å². The molecular formula is C16H20N2OS. The Morgan fingerprint density at radius 3 is 2.55 bits per heavy atom. The summed E-state index contributed by atoms with van der Waals surface area (Å²) in [6.45, 7) is 1.97. The number of carbonyl (C=O) groups is 1. The van der Waals surface area contributed by atoms with Gasteiger partial charge in [0.25, 0.3) is 0 Å². The van der Waals surface area contributed by atoms with Crippen molar-refractivity contribution >= 4 is 17.7 Å². The fourth-order valence-electron chi connectivity index (χ4n) is 2.56. The molecule has 0 bridgehead atoms. The van der Waals surface area contributed by atoms with E-state index in [1.54, 1.807) is 11.8 Å². The number of benzene rings is 1. The van der Waals surface area contributed by atoms with Crippen molar-refractivity contribution in [3.05, 3.63) is 35.4 Å². The monoisotopic (exact) mass is 288 g/mol. The Labute approximate surface area is 124 Å². The van der Waals surface area contributed by atoms with Gasteiger partial charge in [0.1, 0.15) is 0 Å². The molecule has 20 heavy (non-hydrogen) atoms. The van der Waals surface area contributed by atoms with E-state index < -0.39 is 0 Å². The summed E-state index contributed by atoms with van der Waals surface area (Å²) in [6, 6.07) is 9.72. The van der Waals surface area contributed by atoms with Gasteiger partial charge in [0.05, 0.1) is 17.2 Å². The second-order valence-corrected chi connectivity index (χ2v) is 6.38. The SMILES string of the molecule is CSCC(C)C(=O)NC1(c2ccc(C#N)cc2)CCC1. The summed E-state index contributed by atoms with van der Waals surface area (Å²) in [6.07, 6.45) is 5.12. The first-order valence-electron chi connectivity index (χ1n) is 6.93. The number of amides is 1. The number of carbonyl (C=O) groups excluding carboxylic acids is 1. The van der Waals surface area contributed by atoms with E-state index in [1.807, 2.05) is 37.4 Å². The largest absolute Gasteiger partial charge is 0.346 e. The summed E-state index contributed by atoms with van der Waals surface area (Å²) < 4.78 is 0. The molecule has 106 valence electrons. The van der Waals surface area contributed by atoms with Crippen molar-refractivity contribution in [1.29, 1.82) is 5.26 Å². The highest BCUT2D eigenvalue weighted by atomic mass is 32.2. The molecule has 0 radical (unpaired) electrons. The van der Waals surface area contributed by atoms with E-state index in [4.69, 9.17) is 5.26 Å². The minimum absolute atomic E-state index is 0.0286. The third-order valence-corrected chi connectivity index (χ3v) is 4.83. The molecule has 1 fully saturated rings. The van der Waals surface area contributed by atoms with Crippen LogP contribution in [0.3, 0.4) is 0 Å². The van der Waals surface area contributed by atoms with Crippen molar-refractivity contribution in [3.8, 4) is 6.07 Å². The number of nitriles is 1. The van der Waals surface area contributed by atoms with Crippen LogP contribution < -0.4 is 5.32 Å². The molecule has 0 heterocycles. The van der Waals surface area contributed by atoms with Crippen molar-refractivity contribution in [1.82, 2.24) is 5.32 Å². The van der Waals surface area contributed by atoms with Gasteiger partial charge >= 0.3 is 0 Å². The first-order valence-corrected chi connectivity index (χ1v) is 8.32. The predicted octanol–water partition coefficient (Wildman–Crippen LogP) is 3.05. The zero-order valence-electron chi connectivity index (χ0n) is 12.0. The van der Waals surface area contributed by atoms with Gasteiger partial charge in [0.2, 0.25) is 5.91 Å². The second-order valence-electron chi connectivity index (χ2n) is 5.47. The third kappa shape index (κ3) is 2.99. The van der Waals surface area contributed by atoms with Crippen molar-refractivity contribution in [2.24, 2.45) is 5.92 Å². The minimum atomic E-state index is -0.211. The van der Waals surface area contributed by atoms with Crippen LogP contribution in [0.5, 0.6) is 0 Å². The summed E-state index contributed by atoms with van der Waals surface area (Å²) in [5.41, 5.74) is 1.57. The fraction of sp³-hybridized carbons (Fsp3) is 0.500. The molecule has 0 saturated heterocycles. The second kappa shape index (κ2) is 6.32. The maximum Gasteiger partial charge on any atom is 0.224 e. The Balaban J connectivity index is 2.13. The molecule has 1 aromatic rings. The van der Waals surface area contributed by atoms with Gasteiger partial charge in [-0.05, 0) is 43.2 Å². The van der Waals surface area contributed by atoms with E-state index in [0.29, 0.717) is 5.56 Å². The normalized spacial score (nSPS) is 17.6. The number of rotatable bonds is 5. The standard InChI is InChI=1S/C16H20N2OS/c1-12(11-20-2)15(19)18-16(8-3-9-16)14-6-4-13(10-17)5-7-14/h4-7,12H,3,8-9,11H2,1-2H3,(H,18,19). The Morgan fingerprint density at radius 1 is 1.45 bits per heavy atom.